The van der Waals surface area contributed by atoms with Crippen LogP contribution in [0.2, 0.25) is 0 Å². The van der Waals surface area contributed by atoms with Gasteiger partial charge >= 0.3 is 0 Å². The number of methoxy groups -OCH3 is 1. The average Bonchev–Trinajstić information content (AvgIpc) is 2.51. The Morgan fingerprint density at radius 3 is 2.32 bits per heavy atom. The van der Waals surface area contributed by atoms with Gasteiger partial charge in [0.1, 0.15) is 5.75 Å². The van der Waals surface area contributed by atoms with Crippen LogP contribution >= 0.6 is 0 Å². The number of sulfonamides is 1. The van der Waals surface area contributed by atoms with Crippen LogP contribution in [0.1, 0.15) is 24.2 Å². The van der Waals surface area contributed by atoms with E-state index >= 15 is 0 Å². The molecule has 8 nitrogen and oxygen atoms in total. The van der Waals surface area contributed by atoms with Crippen LogP contribution < -0.4 is 14.8 Å². The van der Waals surface area contributed by atoms with Crippen LogP contribution in [-0.2, 0) is 14.8 Å². The van der Waals surface area contributed by atoms with Gasteiger partial charge in [0.15, 0.2) is 0 Å². The summed E-state index contributed by atoms with van der Waals surface area (Å²) in [6, 6.07) is 4.73. The van der Waals surface area contributed by atoms with Gasteiger partial charge in [0.2, 0.25) is 15.9 Å². The van der Waals surface area contributed by atoms with Crippen molar-refractivity contribution in [1.29, 1.82) is 0 Å². The molecule has 9 heteroatoms. The summed E-state index contributed by atoms with van der Waals surface area (Å²) < 4.78 is 29.9. The molecule has 0 saturated carbocycles. The predicted octanol–water partition coefficient (Wildman–Crippen LogP) is 0.911. The first-order valence-corrected chi connectivity index (χ1v) is 9.42. The Balaban J connectivity index is 3.00. The number of hydrogen-bond acceptors (Lipinski definition) is 5. The third kappa shape index (κ3) is 6.02. The lowest BCUT2D eigenvalue weighted by Gasteiger charge is -2.24. The number of carbonyl (C=O) groups is 2. The van der Waals surface area contributed by atoms with E-state index < -0.39 is 15.4 Å². The minimum absolute atomic E-state index is 0.0443. The first-order chi connectivity index (χ1) is 11.4. The SMILES string of the molecule is COc1ccc(NC(=O)C(C)(C)CNS(C)(=O)=O)cc1C(=O)N(C)C. The summed E-state index contributed by atoms with van der Waals surface area (Å²) in [6.45, 7) is 3.20. The molecule has 0 heterocycles. The Labute approximate surface area is 148 Å². The molecule has 0 unspecified atom stereocenters. The van der Waals surface area contributed by atoms with Crippen molar-refractivity contribution in [2.45, 2.75) is 13.8 Å². The van der Waals surface area contributed by atoms with Gasteiger partial charge in [0.05, 0.1) is 24.3 Å². The maximum Gasteiger partial charge on any atom is 0.257 e. The van der Waals surface area contributed by atoms with Crippen molar-refractivity contribution >= 4 is 27.5 Å². The minimum Gasteiger partial charge on any atom is -0.496 e. The standard InChI is InChI=1S/C16H25N3O5S/c1-16(2,10-17-25(6,22)23)15(21)18-11-7-8-13(24-5)12(9-11)14(20)19(3)4/h7-9,17H,10H2,1-6H3,(H,18,21). The second kappa shape index (κ2) is 7.83. The van der Waals surface area contributed by atoms with Gasteiger partial charge in [-0.15, -0.1) is 0 Å². The predicted molar refractivity (Wildman–Crippen MR) is 96.3 cm³/mol. The topological polar surface area (TPSA) is 105 Å². The van der Waals surface area contributed by atoms with E-state index in [1.807, 2.05) is 0 Å². The lowest BCUT2D eigenvalue weighted by atomic mass is 9.92. The maximum absolute atomic E-state index is 12.4. The number of nitrogens with one attached hydrogen (secondary N) is 2. The summed E-state index contributed by atoms with van der Waals surface area (Å²) in [5.41, 5.74) is -0.241. The maximum atomic E-state index is 12.4. The molecule has 1 aromatic rings. The Morgan fingerprint density at radius 1 is 1.24 bits per heavy atom. The quantitative estimate of drug-likeness (QED) is 0.741. The van der Waals surface area contributed by atoms with Gasteiger partial charge in [-0.3, -0.25) is 9.59 Å². The lowest BCUT2D eigenvalue weighted by Crippen LogP contribution is -2.41. The molecule has 0 aromatic heterocycles. The van der Waals surface area contributed by atoms with Crippen molar-refractivity contribution in [2.75, 3.05) is 39.3 Å². The van der Waals surface area contributed by atoms with Crippen LogP contribution in [0.25, 0.3) is 0 Å². The van der Waals surface area contributed by atoms with Crippen LogP contribution in [0.15, 0.2) is 18.2 Å². The molecule has 2 amide bonds. The normalized spacial score (nSPS) is 11.8. The molecule has 2 N–H and O–H groups in total. The summed E-state index contributed by atoms with van der Waals surface area (Å²) in [7, 11) is 1.30. The average molecular weight is 371 g/mol. The highest BCUT2D eigenvalue weighted by atomic mass is 32.2. The van der Waals surface area contributed by atoms with Gasteiger partial charge in [-0.1, -0.05) is 0 Å². The van der Waals surface area contributed by atoms with Gasteiger partial charge in [0.25, 0.3) is 5.91 Å². The summed E-state index contributed by atoms with van der Waals surface area (Å²) in [4.78, 5) is 26.1. The van der Waals surface area contributed by atoms with Gasteiger partial charge in [-0.25, -0.2) is 13.1 Å². The highest BCUT2D eigenvalue weighted by molar-refractivity contribution is 7.88. The first kappa shape index (κ1) is 20.9. The van der Waals surface area contributed by atoms with Crippen molar-refractivity contribution in [3.63, 3.8) is 0 Å². The monoisotopic (exact) mass is 371 g/mol. The molecule has 0 fully saturated rings. The summed E-state index contributed by atoms with van der Waals surface area (Å²) in [5, 5.41) is 2.70. The first-order valence-electron chi connectivity index (χ1n) is 7.53. The molecule has 0 bridgehead atoms. The molecule has 0 aliphatic rings. The van der Waals surface area contributed by atoms with E-state index in [9.17, 15) is 18.0 Å². The Hall–Kier alpha value is -2.13. The van der Waals surface area contributed by atoms with Crippen molar-refractivity contribution < 1.29 is 22.7 Å². The Bertz CT molecular complexity index is 757. The fourth-order valence-electron chi connectivity index (χ4n) is 1.89. The molecule has 1 aromatic carbocycles. The zero-order valence-corrected chi connectivity index (χ0v) is 16.2. The summed E-state index contributed by atoms with van der Waals surface area (Å²) in [6.07, 6.45) is 1.03. The van der Waals surface area contributed by atoms with Crippen molar-refractivity contribution in [3.05, 3.63) is 23.8 Å². The van der Waals surface area contributed by atoms with Gasteiger partial charge in [-0.2, -0.15) is 0 Å². The zero-order chi connectivity index (χ0) is 19.4. The van der Waals surface area contributed by atoms with E-state index in [1.54, 1.807) is 40.1 Å². The number of ether oxygens (including phenoxy) is 1. The van der Waals surface area contributed by atoms with E-state index in [2.05, 4.69) is 10.0 Å². The molecule has 0 aliphatic carbocycles. The number of anilines is 1. The summed E-state index contributed by atoms with van der Waals surface area (Å²) in [5.74, 6) is -0.238. The molecule has 0 saturated heterocycles. The second-order valence-corrected chi connectivity index (χ2v) is 8.38. The van der Waals surface area contributed by atoms with Crippen molar-refractivity contribution in [3.8, 4) is 5.75 Å². The molecule has 140 valence electrons. The molecule has 0 radical (unpaired) electrons. The fourth-order valence-corrected chi connectivity index (χ4v) is 2.51. The van der Waals surface area contributed by atoms with Gasteiger partial charge in [0, 0.05) is 26.3 Å². The molecular weight excluding hydrogens is 346 g/mol. The number of carbonyl (C=O) groups excluding carboxylic acids is 2. The largest absolute Gasteiger partial charge is 0.496 e. The van der Waals surface area contributed by atoms with Crippen LogP contribution in [0, 0.1) is 5.41 Å². The van der Waals surface area contributed by atoms with Crippen LogP contribution in [0.3, 0.4) is 0 Å². The van der Waals surface area contributed by atoms with Crippen LogP contribution in [0.5, 0.6) is 5.75 Å². The number of rotatable bonds is 7. The van der Waals surface area contributed by atoms with Crippen LogP contribution in [0.4, 0.5) is 5.69 Å². The molecule has 1 rings (SSSR count). The number of hydrogen-bond donors (Lipinski definition) is 2. The number of amides is 2. The van der Waals surface area contributed by atoms with Gasteiger partial charge < -0.3 is 15.0 Å². The van der Waals surface area contributed by atoms with E-state index in [4.69, 9.17) is 4.74 Å². The summed E-state index contributed by atoms with van der Waals surface area (Å²) >= 11 is 0. The Morgan fingerprint density at radius 2 is 1.84 bits per heavy atom. The van der Waals surface area contributed by atoms with E-state index in [-0.39, 0.29) is 18.4 Å². The smallest absolute Gasteiger partial charge is 0.257 e. The lowest BCUT2D eigenvalue weighted by molar-refractivity contribution is -0.123. The highest BCUT2D eigenvalue weighted by Crippen LogP contribution is 2.25. The molecule has 0 aliphatic heterocycles. The van der Waals surface area contributed by atoms with Crippen LogP contribution in [-0.4, -0.2) is 59.1 Å². The molecule has 0 spiro atoms. The van der Waals surface area contributed by atoms with E-state index in [0.717, 1.165) is 6.26 Å². The molecule has 25 heavy (non-hydrogen) atoms. The van der Waals surface area contributed by atoms with E-state index in [1.165, 1.54) is 18.1 Å². The molecular formula is C16H25N3O5S. The number of benzene rings is 1. The molecule has 0 atom stereocenters. The minimum atomic E-state index is -3.40. The van der Waals surface area contributed by atoms with Crippen molar-refractivity contribution in [2.24, 2.45) is 5.41 Å². The zero-order valence-electron chi connectivity index (χ0n) is 15.3. The van der Waals surface area contributed by atoms with Gasteiger partial charge in [-0.05, 0) is 32.0 Å². The Kier molecular flexibility index (Phi) is 6.55. The third-order valence-corrected chi connectivity index (χ3v) is 4.15. The number of nitrogens with zero attached hydrogens (tertiary/aromatic N) is 1. The fraction of sp³-hybridized carbons (Fsp3) is 0.500. The van der Waals surface area contributed by atoms with Crippen molar-refractivity contribution in [1.82, 2.24) is 9.62 Å². The third-order valence-electron chi connectivity index (χ3n) is 3.48. The van der Waals surface area contributed by atoms with E-state index in [0.29, 0.717) is 17.0 Å². The second-order valence-electron chi connectivity index (χ2n) is 6.55. The highest BCUT2D eigenvalue weighted by Gasteiger charge is 2.29.